The van der Waals surface area contributed by atoms with Crippen LogP contribution in [-0.4, -0.2) is 107 Å². The van der Waals surface area contributed by atoms with Gasteiger partial charge in [-0.1, -0.05) is 26.0 Å². The Bertz CT molecular complexity index is 1510. The number of fused-ring (bicyclic) bond motifs is 2. The van der Waals surface area contributed by atoms with E-state index in [9.17, 15) is 27.2 Å². The molecular weight excluding hydrogens is 704 g/mol. The standard InChI is InChI=1S/2C20H29F2N3O2/c2*1-14-13-25(18(26)27-19(2,3)4)10-7-15-5-6-16(23-17(14)15)24-11-8-20(21,22)9-12-24/h2*5-6,14H,7-13H2,1-4H3/t2*14-/m10/s1. The topological polar surface area (TPSA) is 91.3 Å². The maximum absolute atomic E-state index is 13.4. The normalized spacial score (nSPS) is 22.8. The molecule has 4 aliphatic rings. The Morgan fingerprint density at radius 1 is 0.611 bits per heavy atom. The number of carbonyl (C=O) groups excluding carboxylic acids is 2. The predicted octanol–water partition coefficient (Wildman–Crippen LogP) is 8.43. The van der Waals surface area contributed by atoms with E-state index in [0.29, 0.717) is 65.2 Å². The van der Waals surface area contributed by atoms with Crippen molar-refractivity contribution in [2.75, 3.05) is 62.2 Å². The molecule has 14 heteroatoms. The molecular formula is C40H58F4N6O4. The smallest absolute Gasteiger partial charge is 0.410 e. The molecule has 0 aromatic carbocycles. The number of piperidine rings is 2. The lowest BCUT2D eigenvalue weighted by molar-refractivity contribution is -0.0227. The third kappa shape index (κ3) is 11.1. The number of amides is 2. The lowest BCUT2D eigenvalue weighted by atomic mass is 10.0. The van der Waals surface area contributed by atoms with Crippen molar-refractivity contribution in [2.45, 2.75) is 129 Å². The van der Waals surface area contributed by atoms with Crippen molar-refractivity contribution >= 4 is 23.8 Å². The van der Waals surface area contributed by atoms with E-state index in [1.165, 1.54) is 0 Å². The number of anilines is 2. The summed E-state index contributed by atoms with van der Waals surface area (Å²) in [6.07, 6.45) is 0.290. The molecule has 54 heavy (non-hydrogen) atoms. The van der Waals surface area contributed by atoms with Crippen molar-refractivity contribution in [3.05, 3.63) is 46.8 Å². The zero-order valence-corrected chi connectivity index (χ0v) is 33.2. The Kier molecular flexibility index (Phi) is 12.3. The van der Waals surface area contributed by atoms with Gasteiger partial charge in [0.05, 0.1) is 11.4 Å². The molecule has 2 atom stereocenters. The first kappa shape index (κ1) is 41.3. The lowest BCUT2D eigenvalue weighted by Crippen LogP contribution is -2.40. The molecule has 2 fully saturated rings. The van der Waals surface area contributed by atoms with Crippen LogP contribution < -0.4 is 9.80 Å². The fourth-order valence-electron chi connectivity index (χ4n) is 7.25. The highest BCUT2D eigenvalue weighted by atomic mass is 19.3. The summed E-state index contributed by atoms with van der Waals surface area (Å²) in [7, 11) is 0. The van der Waals surface area contributed by atoms with Crippen molar-refractivity contribution in [3.8, 4) is 0 Å². The third-order valence-electron chi connectivity index (χ3n) is 10.2. The van der Waals surface area contributed by atoms with Gasteiger partial charge < -0.3 is 29.1 Å². The molecule has 6 rings (SSSR count). The number of aromatic nitrogens is 2. The highest BCUT2D eigenvalue weighted by Crippen LogP contribution is 2.34. The summed E-state index contributed by atoms with van der Waals surface area (Å²) in [5.74, 6) is -3.52. The number of carbonyl (C=O) groups is 2. The molecule has 0 radical (unpaired) electrons. The van der Waals surface area contributed by atoms with Crippen LogP contribution in [0.2, 0.25) is 0 Å². The second-order valence-corrected chi connectivity index (χ2v) is 17.3. The number of hydrogen-bond donors (Lipinski definition) is 0. The first-order valence-electron chi connectivity index (χ1n) is 19.3. The molecule has 0 unspecified atom stereocenters. The van der Waals surface area contributed by atoms with E-state index in [2.05, 4.69) is 0 Å². The summed E-state index contributed by atoms with van der Waals surface area (Å²) in [6, 6.07) is 7.88. The number of alkyl halides is 4. The summed E-state index contributed by atoms with van der Waals surface area (Å²) in [5.41, 5.74) is 3.08. The van der Waals surface area contributed by atoms with E-state index < -0.39 is 23.0 Å². The fourth-order valence-corrected chi connectivity index (χ4v) is 7.25. The van der Waals surface area contributed by atoms with Crippen LogP contribution in [0.5, 0.6) is 0 Å². The van der Waals surface area contributed by atoms with Crippen molar-refractivity contribution in [3.63, 3.8) is 0 Å². The van der Waals surface area contributed by atoms with E-state index in [1.807, 2.05) is 89.5 Å². The van der Waals surface area contributed by atoms with E-state index in [0.717, 1.165) is 34.2 Å². The molecule has 10 nitrogen and oxygen atoms in total. The number of nitrogens with zero attached hydrogens (tertiary/aromatic N) is 6. The van der Waals surface area contributed by atoms with E-state index in [-0.39, 0.29) is 49.7 Å². The molecule has 2 aromatic rings. The van der Waals surface area contributed by atoms with Crippen LogP contribution in [-0.2, 0) is 22.3 Å². The summed E-state index contributed by atoms with van der Waals surface area (Å²) in [5, 5.41) is 0. The predicted molar refractivity (Wildman–Crippen MR) is 201 cm³/mol. The zero-order chi connectivity index (χ0) is 39.6. The Morgan fingerprint density at radius 3 is 1.26 bits per heavy atom. The van der Waals surface area contributed by atoms with Crippen molar-refractivity contribution in [2.24, 2.45) is 0 Å². The summed E-state index contributed by atoms with van der Waals surface area (Å²) in [4.78, 5) is 41.8. The number of hydrogen-bond acceptors (Lipinski definition) is 8. The van der Waals surface area contributed by atoms with Crippen LogP contribution in [0.4, 0.5) is 38.8 Å². The largest absolute Gasteiger partial charge is 0.444 e. The Balaban J connectivity index is 0.000000208. The second-order valence-electron chi connectivity index (χ2n) is 17.3. The highest BCUT2D eigenvalue weighted by molar-refractivity contribution is 5.69. The van der Waals surface area contributed by atoms with Gasteiger partial charge in [-0.15, -0.1) is 0 Å². The number of halogens is 4. The first-order valence-corrected chi connectivity index (χ1v) is 19.3. The van der Waals surface area contributed by atoms with Crippen LogP contribution >= 0.6 is 0 Å². The molecule has 2 amide bonds. The quantitative estimate of drug-likeness (QED) is 0.282. The van der Waals surface area contributed by atoms with Gasteiger partial charge in [-0.3, -0.25) is 0 Å². The maximum atomic E-state index is 13.4. The molecule has 300 valence electrons. The molecule has 0 N–H and O–H groups in total. The monoisotopic (exact) mass is 762 g/mol. The van der Waals surface area contributed by atoms with Crippen molar-refractivity contribution < 1.29 is 36.6 Å². The van der Waals surface area contributed by atoms with Gasteiger partial charge in [0, 0.05) is 89.9 Å². The van der Waals surface area contributed by atoms with Crippen molar-refractivity contribution in [1.82, 2.24) is 19.8 Å². The molecule has 0 aliphatic carbocycles. The molecule has 0 bridgehead atoms. The Hall–Kier alpha value is -3.84. The van der Waals surface area contributed by atoms with Gasteiger partial charge >= 0.3 is 12.2 Å². The number of rotatable bonds is 2. The average Bonchev–Trinajstić information content (AvgIpc) is 3.34. The minimum Gasteiger partial charge on any atom is -0.444 e. The minimum absolute atomic E-state index is 0.0567. The van der Waals surface area contributed by atoms with Gasteiger partial charge in [-0.25, -0.2) is 37.1 Å². The minimum atomic E-state index is -2.57. The van der Waals surface area contributed by atoms with Crippen LogP contribution in [0, 0.1) is 0 Å². The van der Waals surface area contributed by atoms with Crippen LogP contribution in [0.1, 0.15) is 115 Å². The Morgan fingerprint density at radius 2 is 0.944 bits per heavy atom. The first-order chi connectivity index (χ1) is 25.1. The van der Waals surface area contributed by atoms with Crippen molar-refractivity contribution in [1.29, 1.82) is 0 Å². The second kappa shape index (κ2) is 16.1. The fraction of sp³-hybridized carbons (Fsp3) is 0.700. The summed E-state index contributed by atoms with van der Waals surface area (Å²) >= 11 is 0. The summed E-state index contributed by atoms with van der Waals surface area (Å²) < 4.78 is 64.7. The number of pyridine rings is 2. The highest BCUT2D eigenvalue weighted by Gasteiger charge is 2.37. The number of ether oxygens (including phenoxy) is 2. The van der Waals surface area contributed by atoms with E-state index in [1.54, 1.807) is 9.80 Å². The molecule has 0 spiro atoms. The average molecular weight is 763 g/mol. The third-order valence-corrected chi connectivity index (χ3v) is 10.2. The van der Waals surface area contributed by atoms with E-state index >= 15 is 0 Å². The van der Waals surface area contributed by atoms with Gasteiger partial charge in [-0.05, 0) is 77.6 Å². The van der Waals surface area contributed by atoms with Crippen LogP contribution in [0.15, 0.2) is 24.3 Å². The molecule has 4 aliphatic heterocycles. The molecule has 2 aromatic heterocycles. The van der Waals surface area contributed by atoms with Crippen LogP contribution in [0.25, 0.3) is 0 Å². The van der Waals surface area contributed by atoms with Gasteiger partial charge in [0.1, 0.15) is 22.8 Å². The van der Waals surface area contributed by atoms with Crippen LogP contribution in [0.3, 0.4) is 0 Å². The summed E-state index contributed by atoms with van der Waals surface area (Å²) in [6.45, 7) is 18.8. The molecule has 6 heterocycles. The van der Waals surface area contributed by atoms with Gasteiger partial charge in [0.2, 0.25) is 0 Å². The zero-order valence-electron chi connectivity index (χ0n) is 33.2. The Labute approximate surface area is 317 Å². The van der Waals surface area contributed by atoms with Gasteiger partial charge in [-0.2, -0.15) is 0 Å². The van der Waals surface area contributed by atoms with Gasteiger partial charge in [0.15, 0.2) is 0 Å². The SMILES string of the molecule is C[C@@H]1CN(C(=O)OC(C)(C)C)CCc2ccc(N3CCC(F)(F)CC3)nc21.C[C@H]1CN(C(=O)OC(C)(C)C)CCc2ccc(N3CCC(F)(F)CC3)nc21. The molecule has 2 saturated heterocycles. The lowest BCUT2D eigenvalue weighted by Gasteiger charge is -2.33. The van der Waals surface area contributed by atoms with Gasteiger partial charge in [0.25, 0.3) is 11.8 Å². The van der Waals surface area contributed by atoms with E-state index in [4.69, 9.17) is 19.4 Å². The maximum Gasteiger partial charge on any atom is 0.410 e. The molecule has 0 saturated carbocycles.